The molecule has 2 atom stereocenters. The molecule has 1 aliphatic heterocycles. The highest BCUT2D eigenvalue weighted by molar-refractivity contribution is 5.80. The summed E-state index contributed by atoms with van der Waals surface area (Å²) in [4.78, 5) is 29.0. The molecule has 0 aromatic heterocycles. The minimum absolute atomic E-state index is 0.0751. The number of rotatable bonds is 47. The molecule has 0 bridgehead atoms. The largest absolute Gasteiger partial charge is 0.465 e. The summed E-state index contributed by atoms with van der Waals surface area (Å²) in [6, 6.07) is 1.13. The Kier molecular flexibility index (Phi) is 42.1. The number of esters is 1. The smallest absolute Gasteiger partial charge is 0.308 e. The number of piperazine rings is 1. The van der Waals surface area contributed by atoms with E-state index in [1.165, 1.54) is 180 Å². The third-order valence-electron chi connectivity index (χ3n) is 13.9. The third kappa shape index (κ3) is 35.0. The van der Waals surface area contributed by atoms with E-state index >= 15 is 0 Å². The number of Topliss-reactive ketones (excluding diaryl/α,β-unsaturated/α-hetero) is 1. The summed E-state index contributed by atoms with van der Waals surface area (Å²) >= 11 is 0. The van der Waals surface area contributed by atoms with Crippen LogP contribution in [-0.2, 0) is 14.3 Å². The van der Waals surface area contributed by atoms with Gasteiger partial charge in [0.05, 0.1) is 12.5 Å². The Morgan fingerprint density at radius 2 is 0.885 bits per heavy atom. The van der Waals surface area contributed by atoms with Crippen LogP contribution >= 0.6 is 0 Å². The van der Waals surface area contributed by atoms with Gasteiger partial charge in [0.25, 0.3) is 0 Å². The van der Waals surface area contributed by atoms with Gasteiger partial charge in [-0.2, -0.15) is 0 Å². The van der Waals surface area contributed by atoms with Crippen LogP contribution in [0.5, 0.6) is 0 Å². The second-order valence-corrected chi connectivity index (χ2v) is 19.8. The van der Waals surface area contributed by atoms with Gasteiger partial charge in [-0.1, -0.05) is 214 Å². The lowest BCUT2D eigenvalue weighted by atomic mass is 9.88. The molecule has 2 unspecified atom stereocenters. The van der Waals surface area contributed by atoms with Crippen molar-refractivity contribution < 1.29 is 19.4 Å². The summed E-state index contributed by atoms with van der Waals surface area (Å²) in [5.74, 6) is 1.07. The van der Waals surface area contributed by atoms with Crippen molar-refractivity contribution in [2.75, 3.05) is 32.8 Å². The van der Waals surface area contributed by atoms with Crippen molar-refractivity contribution >= 4 is 11.8 Å². The first-order valence-electron chi connectivity index (χ1n) is 27.8. The first-order chi connectivity index (χ1) is 30.0. The summed E-state index contributed by atoms with van der Waals surface area (Å²) in [6.45, 7) is 13.3. The van der Waals surface area contributed by atoms with Gasteiger partial charge < -0.3 is 20.1 Å². The van der Waals surface area contributed by atoms with Crippen LogP contribution in [0.15, 0.2) is 0 Å². The van der Waals surface area contributed by atoms with Crippen molar-refractivity contribution in [1.82, 2.24) is 10.2 Å². The Morgan fingerprint density at radius 1 is 0.492 bits per heavy atom. The molecule has 0 aromatic rings. The van der Waals surface area contributed by atoms with Crippen molar-refractivity contribution in [3.63, 3.8) is 0 Å². The molecule has 2 N–H and O–H groups in total. The molecule has 1 fully saturated rings. The molecule has 1 rings (SSSR count). The predicted octanol–water partition coefficient (Wildman–Crippen LogP) is 15.6. The zero-order valence-corrected chi connectivity index (χ0v) is 41.7. The Morgan fingerprint density at radius 3 is 1.34 bits per heavy atom. The number of aliphatic hydroxyl groups excluding tert-OH is 1. The zero-order chi connectivity index (χ0) is 44.3. The number of ketones is 1. The number of carbonyl (C=O) groups excluding carboxylic acids is 2. The van der Waals surface area contributed by atoms with E-state index in [1.807, 2.05) is 0 Å². The van der Waals surface area contributed by atoms with Crippen molar-refractivity contribution in [3.05, 3.63) is 0 Å². The summed E-state index contributed by atoms with van der Waals surface area (Å²) < 4.78 is 5.86. The van der Waals surface area contributed by atoms with Crippen molar-refractivity contribution in [3.8, 4) is 0 Å². The molecule has 0 aliphatic carbocycles. The van der Waals surface area contributed by atoms with Crippen LogP contribution in [0.4, 0.5) is 0 Å². The average molecular weight is 861 g/mol. The molecular formula is C55H108N2O4. The van der Waals surface area contributed by atoms with Gasteiger partial charge in [-0.3, -0.25) is 9.59 Å². The van der Waals surface area contributed by atoms with Crippen LogP contribution in [0.2, 0.25) is 0 Å². The first kappa shape index (κ1) is 58.0. The van der Waals surface area contributed by atoms with E-state index in [-0.39, 0.29) is 11.9 Å². The average Bonchev–Trinajstić information content (AvgIpc) is 3.26. The lowest BCUT2D eigenvalue weighted by Gasteiger charge is -2.39. The molecule has 6 nitrogen and oxygen atoms in total. The number of nitrogens with zero attached hydrogens (tertiary/aromatic N) is 1. The van der Waals surface area contributed by atoms with Crippen LogP contribution in [0.1, 0.15) is 285 Å². The van der Waals surface area contributed by atoms with E-state index in [1.54, 1.807) is 0 Å². The quantitative estimate of drug-likeness (QED) is 0.0469. The maximum absolute atomic E-state index is 13.3. The fourth-order valence-electron chi connectivity index (χ4n) is 9.85. The minimum atomic E-state index is 0.0751. The van der Waals surface area contributed by atoms with Crippen molar-refractivity contribution in [2.24, 2.45) is 11.8 Å². The van der Waals surface area contributed by atoms with Gasteiger partial charge >= 0.3 is 5.97 Å². The predicted molar refractivity (Wildman–Crippen MR) is 265 cm³/mol. The number of hydrogen-bond acceptors (Lipinski definition) is 6. The monoisotopic (exact) mass is 861 g/mol. The second kappa shape index (κ2) is 44.2. The van der Waals surface area contributed by atoms with E-state index in [2.05, 4.69) is 37.9 Å². The standard InChI is InChI=1S/C55H108N2O4/c1-5-9-13-20-28-38-50(39-29-21-14-10-6-2)54(59)44-34-26-18-17-24-32-42-52-48-57(45-35-36-46-58)49-53(56-52)43-33-25-19-27-37-47-61-55(60)51(40-30-22-15-11-7-3)41-31-23-16-12-8-4/h50-53,56,58H,5-49H2,1-4H3. The van der Waals surface area contributed by atoms with Gasteiger partial charge in [0.1, 0.15) is 5.78 Å². The number of ether oxygens (including phenoxy) is 1. The number of nitrogens with one attached hydrogen (secondary N) is 1. The normalized spacial score (nSPS) is 16.0. The first-order valence-corrected chi connectivity index (χ1v) is 27.8. The maximum atomic E-state index is 13.3. The summed E-state index contributed by atoms with van der Waals surface area (Å²) in [5, 5.41) is 13.4. The molecule has 0 saturated carbocycles. The number of carbonyl (C=O) groups is 2. The molecule has 362 valence electrons. The molecule has 1 aliphatic rings. The van der Waals surface area contributed by atoms with Gasteiger partial charge in [0.2, 0.25) is 0 Å². The number of hydrogen-bond donors (Lipinski definition) is 2. The van der Waals surface area contributed by atoms with Gasteiger partial charge in [-0.15, -0.1) is 0 Å². The molecular weight excluding hydrogens is 753 g/mol. The lowest BCUT2D eigenvalue weighted by Crippen LogP contribution is -2.56. The molecule has 0 amide bonds. The highest BCUT2D eigenvalue weighted by Crippen LogP contribution is 2.24. The van der Waals surface area contributed by atoms with E-state index in [4.69, 9.17) is 4.74 Å². The maximum Gasteiger partial charge on any atom is 0.308 e. The Balaban J connectivity index is 2.34. The third-order valence-corrected chi connectivity index (χ3v) is 13.9. The Hall–Kier alpha value is -0.980. The van der Waals surface area contributed by atoms with Gasteiger partial charge in [0.15, 0.2) is 0 Å². The van der Waals surface area contributed by atoms with Gasteiger partial charge in [0, 0.05) is 44.1 Å². The summed E-state index contributed by atoms with van der Waals surface area (Å²) in [5.41, 5.74) is 0. The highest BCUT2D eigenvalue weighted by atomic mass is 16.5. The molecule has 61 heavy (non-hydrogen) atoms. The lowest BCUT2D eigenvalue weighted by molar-refractivity contribution is -0.149. The second-order valence-electron chi connectivity index (χ2n) is 19.8. The Labute approximate surface area is 381 Å². The minimum Gasteiger partial charge on any atom is -0.465 e. The van der Waals surface area contributed by atoms with Crippen molar-refractivity contribution in [1.29, 1.82) is 0 Å². The van der Waals surface area contributed by atoms with Crippen LogP contribution in [0.3, 0.4) is 0 Å². The fourth-order valence-corrected chi connectivity index (χ4v) is 9.85. The molecule has 6 heteroatoms. The SMILES string of the molecule is CCCCCCCC(CCCCCCC)C(=O)CCCCCCCCC1CN(CCCCO)CC(CCCCCCCOC(=O)C(CCCCCCC)CCCCCCC)N1. The molecule has 0 spiro atoms. The van der Waals surface area contributed by atoms with Crippen molar-refractivity contribution in [2.45, 2.75) is 297 Å². The van der Waals surface area contributed by atoms with E-state index < -0.39 is 0 Å². The molecule has 1 saturated heterocycles. The highest BCUT2D eigenvalue weighted by Gasteiger charge is 2.26. The number of unbranched alkanes of at least 4 members (excludes halogenated alkanes) is 26. The fraction of sp³-hybridized carbons (Fsp3) is 0.964. The number of aliphatic hydroxyl groups is 1. The van der Waals surface area contributed by atoms with E-state index in [9.17, 15) is 14.7 Å². The summed E-state index contributed by atoms with van der Waals surface area (Å²) in [6.07, 6.45) is 48.4. The topological polar surface area (TPSA) is 78.9 Å². The molecule has 0 aromatic carbocycles. The Bertz CT molecular complexity index is 849. The van der Waals surface area contributed by atoms with Crippen LogP contribution in [-0.4, -0.2) is 66.7 Å². The zero-order valence-electron chi connectivity index (χ0n) is 41.7. The van der Waals surface area contributed by atoms with Crippen LogP contribution in [0.25, 0.3) is 0 Å². The summed E-state index contributed by atoms with van der Waals surface area (Å²) in [7, 11) is 0. The van der Waals surface area contributed by atoms with Crippen LogP contribution < -0.4 is 5.32 Å². The van der Waals surface area contributed by atoms with E-state index in [0.29, 0.717) is 37.0 Å². The van der Waals surface area contributed by atoms with Gasteiger partial charge in [-0.25, -0.2) is 0 Å². The van der Waals surface area contributed by atoms with Crippen LogP contribution in [0, 0.1) is 11.8 Å². The molecule has 1 heterocycles. The van der Waals surface area contributed by atoms with E-state index in [0.717, 1.165) is 96.7 Å². The molecule has 0 radical (unpaired) electrons. The van der Waals surface area contributed by atoms with Gasteiger partial charge in [-0.05, 0) is 70.8 Å².